The van der Waals surface area contributed by atoms with Crippen molar-refractivity contribution < 1.29 is 23.9 Å². The molecule has 0 aromatic heterocycles. The molecule has 0 atom stereocenters. The molecule has 7 nitrogen and oxygen atoms in total. The summed E-state index contributed by atoms with van der Waals surface area (Å²) in [6.07, 6.45) is 10.6. The molecule has 0 fully saturated rings. The van der Waals surface area contributed by atoms with E-state index in [4.69, 9.17) is 9.47 Å². The molecule has 0 unspecified atom stereocenters. The van der Waals surface area contributed by atoms with E-state index in [0.717, 1.165) is 51.4 Å². The molecule has 0 heterocycles. The highest BCUT2D eigenvalue weighted by atomic mass is 16.6. The first-order valence-corrected chi connectivity index (χ1v) is 9.81. The number of unbranched alkanes of at least 4 members (excludes halogenated alkanes) is 4. The Morgan fingerprint density at radius 3 is 1.63 bits per heavy atom. The molecule has 156 valence electrons. The number of rotatable bonds is 15. The smallest absolute Gasteiger partial charge is 0.312 e. The number of ether oxygens (including phenoxy) is 2. The Morgan fingerprint density at radius 1 is 0.815 bits per heavy atom. The summed E-state index contributed by atoms with van der Waals surface area (Å²) >= 11 is 0. The van der Waals surface area contributed by atoms with Crippen LogP contribution in [0.25, 0.3) is 0 Å². The van der Waals surface area contributed by atoms with E-state index in [0.29, 0.717) is 26.3 Å². The van der Waals surface area contributed by atoms with Gasteiger partial charge in [0.15, 0.2) is 0 Å². The lowest BCUT2D eigenvalue weighted by Gasteiger charge is -2.27. The molecular formula is C20H36N2O5. The highest BCUT2D eigenvalue weighted by molar-refractivity contribution is 5.76. The zero-order valence-electron chi connectivity index (χ0n) is 17.4. The van der Waals surface area contributed by atoms with Crippen LogP contribution in [0.1, 0.15) is 72.1 Å². The van der Waals surface area contributed by atoms with Crippen molar-refractivity contribution in [3.05, 3.63) is 0 Å². The standard InChI is InChI=1S/C11H22O3.C9H14N2O2/c1-5-11(6-2,7-3)10(12)14-9-8-13-4;12-8-10-6-4-2-1-3-5-7-11-9-13/h5-9H2,1-4H3;1-7H2. The van der Waals surface area contributed by atoms with Crippen molar-refractivity contribution in [3.8, 4) is 0 Å². The molecule has 0 rings (SSSR count). The van der Waals surface area contributed by atoms with E-state index in [1.165, 1.54) is 12.2 Å². The Hall–Kier alpha value is -1.81. The van der Waals surface area contributed by atoms with Gasteiger partial charge in [0.1, 0.15) is 6.61 Å². The Bertz CT molecular complexity index is 421. The zero-order valence-corrected chi connectivity index (χ0v) is 17.4. The maximum absolute atomic E-state index is 11.8. The summed E-state index contributed by atoms with van der Waals surface area (Å²) in [7, 11) is 1.60. The molecule has 0 aliphatic rings. The molecule has 0 spiro atoms. The van der Waals surface area contributed by atoms with Crippen molar-refractivity contribution in [1.29, 1.82) is 0 Å². The molecule has 0 saturated carbocycles. The molecule has 0 bridgehead atoms. The number of carbonyl (C=O) groups is 1. The number of nitrogens with zero attached hydrogens (tertiary/aromatic N) is 2. The van der Waals surface area contributed by atoms with Crippen LogP contribution >= 0.6 is 0 Å². The molecule has 0 radical (unpaired) electrons. The molecule has 0 aliphatic heterocycles. The monoisotopic (exact) mass is 384 g/mol. The van der Waals surface area contributed by atoms with E-state index >= 15 is 0 Å². The number of methoxy groups -OCH3 is 1. The van der Waals surface area contributed by atoms with E-state index in [1.807, 2.05) is 20.8 Å². The van der Waals surface area contributed by atoms with Gasteiger partial charge in [-0.1, -0.05) is 40.0 Å². The molecule has 0 N–H and O–H groups in total. The fourth-order valence-electron chi connectivity index (χ4n) is 2.56. The second kappa shape index (κ2) is 20.5. The van der Waals surface area contributed by atoms with Crippen LogP contribution in [0.3, 0.4) is 0 Å². The molecule has 27 heavy (non-hydrogen) atoms. The molecular weight excluding hydrogens is 348 g/mol. The van der Waals surface area contributed by atoms with Crippen LogP contribution < -0.4 is 0 Å². The lowest BCUT2D eigenvalue weighted by Crippen LogP contribution is -2.32. The first kappa shape index (κ1) is 27.4. The van der Waals surface area contributed by atoms with Gasteiger partial charge in [-0.2, -0.15) is 0 Å². The predicted molar refractivity (Wildman–Crippen MR) is 105 cm³/mol. The van der Waals surface area contributed by atoms with Crippen molar-refractivity contribution in [1.82, 2.24) is 0 Å². The third kappa shape index (κ3) is 15.0. The van der Waals surface area contributed by atoms with Gasteiger partial charge in [0.2, 0.25) is 12.2 Å². The normalized spacial score (nSPS) is 10.1. The van der Waals surface area contributed by atoms with Crippen LogP contribution in [-0.2, 0) is 23.9 Å². The van der Waals surface area contributed by atoms with Crippen LogP contribution in [0.2, 0.25) is 0 Å². The van der Waals surface area contributed by atoms with Gasteiger partial charge in [0, 0.05) is 7.11 Å². The van der Waals surface area contributed by atoms with E-state index in [2.05, 4.69) is 9.98 Å². The third-order valence-corrected chi connectivity index (χ3v) is 4.65. The van der Waals surface area contributed by atoms with E-state index < -0.39 is 0 Å². The van der Waals surface area contributed by atoms with E-state index in [1.54, 1.807) is 7.11 Å². The quantitative estimate of drug-likeness (QED) is 0.184. The summed E-state index contributed by atoms with van der Waals surface area (Å²) in [6.45, 7) is 8.09. The Kier molecular flexibility index (Phi) is 20.8. The summed E-state index contributed by atoms with van der Waals surface area (Å²) < 4.78 is 9.99. The highest BCUT2D eigenvalue weighted by Crippen LogP contribution is 2.31. The predicted octanol–water partition coefficient (Wildman–Crippen LogP) is 4.00. The fourth-order valence-corrected chi connectivity index (χ4v) is 2.56. The van der Waals surface area contributed by atoms with Crippen molar-refractivity contribution in [2.75, 3.05) is 33.4 Å². The van der Waals surface area contributed by atoms with Crippen LogP contribution in [0.15, 0.2) is 9.98 Å². The van der Waals surface area contributed by atoms with Gasteiger partial charge in [0.05, 0.1) is 25.1 Å². The molecule has 0 aliphatic carbocycles. The summed E-state index contributed by atoms with van der Waals surface area (Å²) in [4.78, 5) is 38.0. The van der Waals surface area contributed by atoms with Crippen molar-refractivity contribution in [3.63, 3.8) is 0 Å². The van der Waals surface area contributed by atoms with Gasteiger partial charge >= 0.3 is 5.97 Å². The second-order valence-electron chi connectivity index (χ2n) is 6.18. The topological polar surface area (TPSA) is 94.4 Å². The maximum atomic E-state index is 11.8. The Balaban J connectivity index is 0. The summed E-state index contributed by atoms with van der Waals surface area (Å²) in [5.74, 6) is -0.0814. The average molecular weight is 385 g/mol. The fraction of sp³-hybridized carbons (Fsp3) is 0.850. The lowest BCUT2D eigenvalue weighted by atomic mass is 9.80. The minimum atomic E-state index is -0.284. The first-order chi connectivity index (χ1) is 13.1. The minimum Gasteiger partial charge on any atom is -0.463 e. The SMILES string of the molecule is CCC(CC)(CC)C(=O)OCCOC.O=C=NCCCCCCCN=C=O. The number of aliphatic imine (C=N–C) groups is 2. The lowest BCUT2D eigenvalue weighted by molar-refractivity contribution is -0.158. The van der Waals surface area contributed by atoms with Crippen LogP contribution in [0, 0.1) is 5.41 Å². The van der Waals surface area contributed by atoms with Crippen LogP contribution in [0.4, 0.5) is 0 Å². The van der Waals surface area contributed by atoms with Crippen molar-refractivity contribution in [2.45, 2.75) is 72.1 Å². The summed E-state index contributed by atoms with van der Waals surface area (Å²) in [5, 5.41) is 0. The van der Waals surface area contributed by atoms with Crippen molar-refractivity contribution >= 4 is 18.1 Å². The van der Waals surface area contributed by atoms with Gasteiger partial charge in [0.25, 0.3) is 0 Å². The average Bonchev–Trinajstić information content (AvgIpc) is 2.69. The molecule has 0 saturated heterocycles. The molecule has 0 amide bonds. The largest absolute Gasteiger partial charge is 0.463 e. The molecule has 0 aromatic rings. The minimum absolute atomic E-state index is 0.0814. The molecule has 7 heteroatoms. The Labute approximate surface area is 163 Å². The molecule has 0 aromatic carbocycles. The number of hydrogen-bond donors (Lipinski definition) is 0. The van der Waals surface area contributed by atoms with Crippen LogP contribution in [-0.4, -0.2) is 51.5 Å². The van der Waals surface area contributed by atoms with E-state index in [9.17, 15) is 14.4 Å². The number of esters is 1. The summed E-state index contributed by atoms with van der Waals surface area (Å²) in [6, 6.07) is 0. The van der Waals surface area contributed by atoms with Gasteiger partial charge in [-0.05, 0) is 32.1 Å². The highest BCUT2D eigenvalue weighted by Gasteiger charge is 2.34. The van der Waals surface area contributed by atoms with E-state index in [-0.39, 0.29) is 11.4 Å². The zero-order chi connectivity index (χ0) is 20.8. The van der Waals surface area contributed by atoms with Gasteiger partial charge in [-0.25, -0.2) is 19.6 Å². The van der Waals surface area contributed by atoms with Crippen molar-refractivity contribution in [2.24, 2.45) is 15.4 Å². The Morgan fingerprint density at radius 2 is 1.26 bits per heavy atom. The second-order valence-corrected chi connectivity index (χ2v) is 6.18. The van der Waals surface area contributed by atoms with Crippen LogP contribution in [0.5, 0.6) is 0 Å². The maximum Gasteiger partial charge on any atom is 0.312 e. The van der Waals surface area contributed by atoms with Gasteiger partial charge in [-0.15, -0.1) is 0 Å². The van der Waals surface area contributed by atoms with Gasteiger partial charge in [-0.3, -0.25) is 4.79 Å². The number of hydrogen-bond acceptors (Lipinski definition) is 7. The summed E-state index contributed by atoms with van der Waals surface area (Å²) in [5.41, 5.74) is -0.284. The number of carbonyl (C=O) groups excluding carboxylic acids is 3. The number of isocyanates is 2. The van der Waals surface area contributed by atoms with Gasteiger partial charge < -0.3 is 9.47 Å². The third-order valence-electron chi connectivity index (χ3n) is 4.65. The first-order valence-electron chi connectivity index (χ1n) is 9.81.